The monoisotopic (exact) mass is 197 g/mol. The molecule has 2 fully saturated rings. The first kappa shape index (κ1) is 10.4. The van der Waals surface area contributed by atoms with Gasteiger partial charge < -0.3 is 4.74 Å². The molecule has 0 bridgehead atoms. The second-order valence-corrected chi connectivity index (χ2v) is 5.71. The molecule has 2 heteroatoms. The number of ether oxygens (including phenoxy) is 1. The molecule has 0 atom stereocenters. The van der Waals surface area contributed by atoms with Crippen LogP contribution in [0.3, 0.4) is 0 Å². The van der Waals surface area contributed by atoms with Crippen molar-refractivity contribution in [1.29, 1.82) is 0 Å². The van der Waals surface area contributed by atoms with Crippen molar-refractivity contribution >= 4 is 0 Å². The Morgan fingerprint density at radius 1 is 1.14 bits per heavy atom. The molecule has 1 saturated carbocycles. The van der Waals surface area contributed by atoms with Crippen molar-refractivity contribution < 1.29 is 4.74 Å². The molecule has 2 rings (SSSR count). The van der Waals surface area contributed by atoms with Gasteiger partial charge in [-0.25, -0.2) is 0 Å². The Hall–Kier alpha value is -0.0800. The Labute approximate surface area is 87.6 Å². The highest BCUT2D eigenvalue weighted by Crippen LogP contribution is 2.50. The third-order valence-electron chi connectivity index (χ3n) is 3.59. The van der Waals surface area contributed by atoms with E-state index in [9.17, 15) is 0 Å². The van der Waals surface area contributed by atoms with Gasteiger partial charge in [0.05, 0.1) is 12.2 Å². The molecule has 0 unspecified atom stereocenters. The molecule has 14 heavy (non-hydrogen) atoms. The average Bonchev–Trinajstić information content (AvgIpc) is 1.89. The van der Waals surface area contributed by atoms with Crippen molar-refractivity contribution in [2.45, 2.75) is 58.8 Å². The minimum absolute atomic E-state index is 0.402. The molecule has 0 aromatic carbocycles. The van der Waals surface area contributed by atoms with Gasteiger partial charge in [0.15, 0.2) is 0 Å². The molecule has 1 aliphatic heterocycles. The van der Waals surface area contributed by atoms with Gasteiger partial charge in [-0.2, -0.15) is 0 Å². The molecule has 0 amide bonds. The van der Waals surface area contributed by atoms with Crippen molar-refractivity contribution in [1.82, 2.24) is 4.90 Å². The highest BCUT2D eigenvalue weighted by atomic mass is 16.5. The Morgan fingerprint density at radius 3 is 2.14 bits per heavy atom. The van der Waals surface area contributed by atoms with Gasteiger partial charge in [0, 0.05) is 24.5 Å². The summed E-state index contributed by atoms with van der Waals surface area (Å²) in [5.74, 6) is 0. The predicted molar refractivity (Wildman–Crippen MR) is 58.4 cm³/mol. The van der Waals surface area contributed by atoms with Crippen molar-refractivity contribution in [2.75, 3.05) is 13.1 Å². The van der Waals surface area contributed by atoms with Crippen LogP contribution in [0, 0.1) is 5.41 Å². The number of rotatable bonds is 3. The van der Waals surface area contributed by atoms with Crippen LogP contribution < -0.4 is 0 Å². The van der Waals surface area contributed by atoms with E-state index in [-0.39, 0.29) is 0 Å². The van der Waals surface area contributed by atoms with Gasteiger partial charge in [0.25, 0.3) is 0 Å². The van der Waals surface area contributed by atoms with E-state index in [1.54, 1.807) is 0 Å². The average molecular weight is 197 g/mol. The Morgan fingerprint density at radius 2 is 1.71 bits per heavy atom. The van der Waals surface area contributed by atoms with Crippen LogP contribution in [0.1, 0.15) is 40.5 Å². The normalized spacial score (nSPS) is 27.0. The maximum absolute atomic E-state index is 5.79. The molecule has 0 aromatic heterocycles. The second-order valence-electron chi connectivity index (χ2n) is 5.71. The minimum atomic E-state index is 0.402. The molecule has 82 valence electrons. The summed E-state index contributed by atoms with van der Waals surface area (Å²) in [5, 5.41) is 0. The zero-order valence-corrected chi connectivity index (χ0v) is 9.92. The maximum atomic E-state index is 5.79. The number of nitrogens with zero attached hydrogens (tertiary/aromatic N) is 1. The summed E-state index contributed by atoms with van der Waals surface area (Å²) in [7, 11) is 0. The standard InChI is InChI=1S/C12H23NO/c1-9(2)13-7-12(8-13)5-11(6-12)14-10(3)4/h9-11H,5-8H2,1-4H3. The van der Waals surface area contributed by atoms with Crippen LogP contribution in [0.2, 0.25) is 0 Å². The summed E-state index contributed by atoms with van der Waals surface area (Å²) in [4.78, 5) is 2.56. The zero-order valence-electron chi connectivity index (χ0n) is 9.92. The van der Waals surface area contributed by atoms with E-state index in [1.807, 2.05) is 0 Å². The summed E-state index contributed by atoms with van der Waals surface area (Å²) in [5.41, 5.74) is 0.657. The molecule has 0 N–H and O–H groups in total. The molecule has 1 heterocycles. The molecule has 1 aliphatic carbocycles. The van der Waals surface area contributed by atoms with E-state index in [0.717, 1.165) is 6.04 Å². The zero-order chi connectivity index (χ0) is 10.3. The Bertz CT molecular complexity index is 198. The molecule has 1 spiro atoms. The van der Waals surface area contributed by atoms with Crippen LogP contribution in [-0.4, -0.2) is 36.2 Å². The van der Waals surface area contributed by atoms with Gasteiger partial charge in [0.2, 0.25) is 0 Å². The van der Waals surface area contributed by atoms with Crippen molar-refractivity contribution in [3.8, 4) is 0 Å². The highest BCUT2D eigenvalue weighted by Gasteiger charge is 2.53. The summed E-state index contributed by atoms with van der Waals surface area (Å²) < 4.78 is 5.79. The molecular formula is C12H23NO. The van der Waals surface area contributed by atoms with E-state index in [0.29, 0.717) is 17.6 Å². The molecule has 0 aromatic rings. The third-order valence-corrected chi connectivity index (χ3v) is 3.59. The van der Waals surface area contributed by atoms with Crippen LogP contribution in [0.4, 0.5) is 0 Å². The van der Waals surface area contributed by atoms with Crippen molar-refractivity contribution in [3.05, 3.63) is 0 Å². The molecule has 0 radical (unpaired) electrons. The van der Waals surface area contributed by atoms with Gasteiger partial charge >= 0.3 is 0 Å². The SMILES string of the molecule is CC(C)OC1CC2(C1)CN(C(C)C)C2. The minimum Gasteiger partial charge on any atom is -0.376 e. The number of hydrogen-bond donors (Lipinski definition) is 0. The fourth-order valence-electron chi connectivity index (χ4n) is 2.83. The predicted octanol–water partition coefficient (Wildman–Crippen LogP) is 2.28. The summed E-state index contributed by atoms with van der Waals surface area (Å²) in [6, 6.07) is 0.727. The molecule has 2 nitrogen and oxygen atoms in total. The smallest absolute Gasteiger partial charge is 0.0591 e. The van der Waals surface area contributed by atoms with Crippen LogP contribution in [-0.2, 0) is 4.74 Å². The first-order valence-corrected chi connectivity index (χ1v) is 5.90. The quantitative estimate of drug-likeness (QED) is 0.688. The van der Waals surface area contributed by atoms with E-state index in [2.05, 4.69) is 32.6 Å². The van der Waals surface area contributed by atoms with E-state index < -0.39 is 0 Å². The lowest BCUT2D eigenvalue weighted by Gasteiger charge is -2.60. The molecule has 2 aliphatic rings. The Balaban J connectivity index is 1.69. The van der Waals surface area contributed by atoms with Gasteiger partial charge in [-0.1, -0.05) is 0 Å². The number of likely N-dealkylation sites (tertiary alicyclic amines) is 1. The van der Waals surface area contributed by atoms with Gasteiger partial charge in [-0.3, -0.25) is 4.90 Å². The van der Waals surface area contributed by atoms with Crippen LogP contribution >= 0.6 is 0 Å². The summed E-state index contributed by atoms with van der Waals surface area (Å²) in [6.07, 6.45) is 3.56. The largest absolute Gasteiger partial charge is 0.376 e. The van der Waals surface area contributed by atoms with E-state index >= 15 is 0 Å². The van der Waals surface area contributed by atoms with Gasteiger partial charge in [0.1, 0.15) is 0 Å². The first-order chi connectivity index (χ1) is 6.51. The first-order valence-electron chi connectivity index (χ1n) is 5.90. The van der Waals surface area contributed by atoms with Gasteiger partial charge in [-0.15, -0.1) is 0 Å². The van der Waals surface area contributed by atoms with Crippen LogP contribution in [0.15, 0.2) is 0 Å². The lowest BCUT2D eigenvalue weighted by Crippen LogP contribution is -2.65. The molecular weight excluding hydrogens is 174 g/mol. The Kier molecular flexibility index (Phi) is 2.61. The fraction of sp³-hybridized carbons (Fsp3) is 1.00. The summed E-state index contributed by atoms with van der Waals surface area (Å²) >= 11 is 0. The lowest BCUT2D eigenvalue weighted by atomic mass is 9.61. The van der Waals surface area contributed by atoms with E-state index in [4.69, 9.17) is 4.74 Å². The highest BCUT2D eigenvalue weighted by molar-refractivity contribution is 5.05. The maximum Gasteiger partial charge on any atom is 0.0591 e. The summed E-state index contributed by atoms with van der Waals surface area (Å²) in [6.45, 7) is 11.4. The third kappa shape index (κ3) is 1.82. The lowest BCUT2D eigenvalue weighted by molar-refractivity contribution is -0.169. The van der Waals surface area contributed by atoms with Crippen molar-refractivity contribution in [3.63, 3.8) is 0 Å². The molecule has 1 saturated heterocycles. The van der Waals surface area contributed by atoms with E-state index in [1.165, 1.54) is 25.9 Å². The second kappa shape index (κ2) is 3.49. The van der Waals surface area contributed by atoms with Gasteiger partial charge in [-0.05, 0) is 40.5 Å². The topological polar surface area (TPSA) is 12.5 Å². The fourth-order valence-corrected chi connectivity index (χ4v) is 2.83. The van der Waals surface area contributed by atoms with Crippen LogP contribution in [0.5, 0.6) is 0 Å². The number of hydrogen-bond acceptors (Lipinski definition) is 2. The van der Waals surface area contributed by atoms with Crippen molar-refractivity contribution in [2.24, 2.45) is 5.41 Å². The van der Waals surface area contributed by atoms with Crippen LogP contribution in [0.25, 0.3) is 0 Å².